The number of halogens is 1. The van der Waals surface area contributed by atoms with Crippen molar-refractivity contribution in [1.82, 2.24) is 10.1 Å². The summed E-state index contributed by atoms with van der Waals surface area (Å²) in [6.07, 6.45) is 3.35. The lowest BCUT2D eigenvalue weighted by molar-refractivity contribution is 0.124. The van der Waals surface area contributed by atoms with E-state index in [2.05, 4.69) is 10.1 Å². The molecule has 5 nitrogen and oxygen atoms in total. The molecule has 0 aliphatic rings. The van der Waals surface area contributed by atoms with Crippen molar-refractivity contribution in [3.8, 4) is 28.3 Å². The Morgan fingerprint density at radius 2 is 1.74 bits per heavy atom. The van der Waals surface area contributed by atoms with Gasteiger partial charge in [0.15, 0.2) is 0 Å². The van der Waals surface area contributed by atoms with Crippen LogP contribution in [0.1, 0.15) is 0 Å². The summed E-state index contributed by atoms with van der Waals surface area (Å²) in [6, 6.07) is 9.73. The Bertz CT molecular complexity index is 757. The van der Waals surface area contributed by atoms with Gasteiger partial charge in [0.1, 0.15) is 18.1 Å². The highest BCUT2D eigenvalue weighted by Gasteiger charge is 2.20. The van der Waals surface area contributed by atoms with Crippen LogP contribution in [-0.4, -0.2) is 30.5 Å². The van der Waals surface area contributed by atoms with Gasteiger partial charge in [-0.25, -0.2) is 4.39 Å². The molecule has 0 unspecified atom stereocenters. The first-order valence-electron chi connectivity index (χ1n) is 7.07. The van der Waals surface area contributed by atoms with Gasteiger partial charge in [-0.3, -0.25) is 4.98 Å². The molecule has 0 saturated heterocycles. The average Bonchev–Trinajstić information content (AvgIpc) is 3.00. The molecule has 0 fully saturated rings. The lowest BCUT2D eigenvalue weighted by atomic mass is 10.0. The Kier molecular flexibility index (Phi) is 4.63. The van der Waals surface area contributed by atoms with Gasteiger partial charge in [-0.2, -0.15) is 0 Å². The second-order valence-corrected chi connectivity index (χ2v) is 4.78. The molecular weight excluding hydrogens is 299 g/mol. The minimum Gasteiger partial charge on any atom is -0.461 e. The third-order valence-electron chi connectivity index (χ3n) is 3.27. The van der Waals surface area contributed by atoms with Gasteiger partial charge in [0, 0.05) is 25.1 Å². The van der Waals surface area contributed by atoms with Crippen molar-refractivity contribution in [2.24, 2.45) is 0 Å². The van der Waals surface area contributed by atoms with Gasteiger partial charge in [-0.05, 0) is 42.0 Å². The summed E-state index contributed by atoms with van der Waals surface area (Å²) in [7, 11) is 1.59. The maximum atomic E-state index is 13.1. The number of aromatic nitrogens is 2. The summed E-state index contributed by atoms with van der Waals surface area (Å²) in [5.74, 6) is -0.00755. The van der Waals surface area contributed by atoms with Crippen LogP contribution < -0.4 is 4.74 Å². The number of nitrogens with zero attached hydrogens (tertiary/aromatic N) is 2. The van der Waals surface area contributed by atoms with Gasteiger partial charge in [0.05, 0.1) is 12.2 Å². The normalized spacial score (nSPS) is 10.7. The van der Waals surface area contributed by atoms with Gasteiger partial charge in [-0.15, -0.1) is 0 Å². The number of hydrogen-bond donors (Lipinski definition) is 0. The predicted octanol–water partition coefficient (Wildman–Crippen LogP) is 3.57. The van der Waals surface area contributed by atoms with E-state index >= 15 is 0 Å². The first kappa shape index (κ1) is 15.2. The lowest BCUT2D eigenvalue weighted by Gasteiger charge is -2.06. The highest BCUT2D eigenvalue weighted by molar-refractivity contribution is 5.83. The molecule has 0 N–H and O–H groups in total. The molecule has 0 aliphatic carbocycles. The number of methoxy groups -OCH3 is 1. The summed E-state index contributed by atoms with van der Waals surface area (Å²) in [6.45, 7) is 0.773. The Hall–Kier alpha value is -2.73. The van der Waals surface area contributed by atoms with Gasteiger partial charge in [0.2, 0.25) is 0 Å². The van der Waals surface area contributed by atoms with Crippen LogP contribution in [0.5, 0.6) is 5.95 Å². The van der Waals surface area contributed by atoms with Crippen molar-refractivity contribution < 1.29 is 18.4 Å². The quantitative estimate of drug-likeness (QED) is 0.651. The van der Waals surface area contributed by atoms with Crippen LogP contribution in [0.4, 0.5) is 4.39 Å². The van der Waals surface area contributed by atoms with Crippen LogP contribution in [0.3, 0.4) is 0 Å². The molecule has 0 amide bonds. The first-order chi connectivity index (χ1) is 11.3. The molecule has 23 heavy (non-hydrogen) atoms. The molecule has 2 aromatic heterocycles. The van der Waals surface area contributed by atoms with Crippen LogP contribution in [0, 0.1) is 5.82 Å². The van der Waals surface area contributed by atoms with Crippen molar-refractivity contribution in [3.63, 3.8) is 0 Å². The Labute approximate surface area is 132 Å². The minimum atomic E-state index is -0.306. The molecule has 3 rings (SSSR count). The zero-order chi connectivity index (χ0) is 16.1. The monoisotopic (exact) mass is 314 g/mol. The average molecular weight is 314 g/mol. The van der Waals surface area contributed by atoms with Crippen LogP contribution in [0.15, 0.2) is 53.3 Å². The van der Waals surface area contributed by atoms with Crippen LogP contribution in [0.25, 0.3) is 22.4 Å². The van der Waals surface area contributed by atoms with Crippen molar-refractivity contribution in [2.45, 2.75) is 0 Å². The number of hydrogen-bond acceptors (Lipinski definition) is 5. The lowest BCUT2D eigenvalue weighted by Crippen LogP contribution is -2.04. The fraction of sp³-hybridized carbons (Fsp3) is 0.176. The van der Waals surface area contributed by atoms with Gasteiger partial charge in [-0.1, -0.05) is 5.16 Å². The van der Waals surface area contributed by atoms with Gasteiger partial charge < -0.3 is 14.0 Å². The maximum Gasteiger partial charge on any atom is 0.319 e. The fourth-order valence-corrected chi connectivity index (χ4v) is 2.17. The molecule has 0 radical (unpaired) electrons. The van der Waals surface area contributed by atoms with E-state index in [9.17, 15) is 4.39 Å². The summed E-state index contributed by atoms with van der Waals surface area (Å²) in [5, 5.41) is 4.09. The molecule has 0 atom stereocenters. The molecule has 6 heteroatoms. The van der Waals surface area contributed by atoms with Crippen LogP contribution in [-0.2, 0) is 4.74 Å². The molecule has 3 aromatic rings. The minimum absolute atomic E-state index is 0.299. The van der Waals surface area contributed by atoms with Gasteiger partial charge >= 0.3 is 5.95 Å². The van der Waals surface area contributed by atoms with E-state index in [1.165, 1.54) is 12.1 Å². The predicted molar refractivity (Wildman–Crippen MR) is 82.5 cm³/mol. The number of rotatable bonds is 6. The summed E-state index contributed by atoms with van der Waals surface area (Å²) < 4.78 is 29.1. The molecule has 0 spiro atoms. The SMILES string of the molecule is COCCOc1onc(-c2ccc(F)cc2)c1-c1ccncc1. The molecule has 0 saturated carbocycles. The summed E-state index contributed by atoms with van der Waals surface area (Å²) in [4.78, 5) is 4.01. The topological polar surface area (TPSA) is 57.4 Å². The standard InChI is InChI=1S/C17H15FN2O3/c1-21-10-11-22-17-15(12-6-8-19-9-7-12)16(20-23-17)13-2-4-14(18)5-3-13/h2-9H,10-11H2,1H3. The zero-order valence-corrected chi connectivity index (χ0v) is 12.5. The maximum absolute atomic E-state index is 13.1. The summed E-state index contributed by atoms with van der Waals surface area (Å²) in [5.41, 5.74) is 2.88. The van der Waals surface area contributed by atoms with Crippen LogP contribution in [0.2, 0.25) is 0 Å². The summed E-state index contributed by atoms with van der Waals surface area (Å²) >= 11 is 0. The highest BCUT2D eigenvalue weighted by Crippen LogP contribution is 2.38. The van der Waals surface area contributed by atoms with Crippen molar-refractivity contribution in [2.75, 3.05) is 20.3 Å². The van der Waals surface area contributed by atoms with Crippen LogP contribution >= 0.6 is 0 Å². The molecule has 118 valence electrons. The second kappa shape index (κ2) is 7.02. The largest absolute Gasteiger partial charge is 0.461 e. The van der Waals surface area contributed by atoms with Crippen molar-refractivity contribution >= 4 is 0 Å². The van der Waals surface area contributed by atoms with Gasteiger partial charge in [0.25, 0.3) is 0 Å². The Morgan fingerprint density at radius 3 is 2.43 bits per heavy atom. The van der Waals surface area contributed by atoms with Crippen molar-refractivity contribution in [3.05, 3.63) is 54.6 Å². The third kappa shape index (κ3) is 3.37. The van der Waals surface area contributed by atoms with E-state index < -0.39 is 0 Å². The first-order valence-corrected chi connectivity index (χ1v) is 7.07. The van der Waals surface area contributed by atoms with E-state index in [0.717, 1.165) is 11.1 Å². The molecular formula is C17H15FN2O3. The molecule has 2 heterocycles. The number of pyridine rings is 1. The molecule has 0 aliphatic heterocycles. The molecule has 1 aromatic carbocycles. The van der Waals surface area contributed by atoms with E-state index in [-0.39, 0.29) is 5.82 Å². The zero-order valence-electron chi connectivity index (χ0n) is 12.5. The third-order valence-corrected chi connectivity index (χ3v) is 3.27. The Morgan fingerprint density at radius 1 is 1.00 bits per heavy atom. The Balaban J connectivity index is 2.04. The van der Waals surface area contributed by atoms with E-state index in [4.69, 9.17) is 14.0 Å². The van der Waals surface area contributed by atoms with Crippen molar-refractivity contribution in [1.29, 1.82) is 0 Å². The number of benzene rings is 1. The van der Waals surface area contributed by atoms with E-state index in [1.54, 1.807) is 31.6 Å². The smallest absolute Gasteiger partial charge is 0.319 e. The van der Waals surface area contributed by atoms with E-state index in [0.29, 0.717) is 30.4 Å². The number of ether oxygens (including phenoxy) is 2. The molecule has 0 bridgehead atoms. The van der Waals surface area contributed by atoms with E-state index in [1.807, 2.05) is 12.1 Å². The highest BCUT2D eigenvalue weighted by atomic mass is 19.1. The fourth-order valence-electron chi connectivity index (χ4n) is 2.17. The second-order valence-electron chi connectivity index (χ2n) is 4.78.